The molecule has 2 fully saturated rings. The van der Waals surface area contributed by atoms with Crippen molar-refractivity contribution in [2.45, 2.75) is 38.9 Å². The number of rotatable bonds is 2. The topological polar surface area (TPSA) is 38.8 Å². The highest BCUT2D eigenvalue weighted by Gasteiger charge is 2.51. The van der Waals surface area contributed by atoms with Gasteiger partial charge in [0.1, 0.15) is 0 Å². The molecule has 22 heavy (non-hydrogen) atoms. The number of hydrogen-bond acceptors (Lipinski definition) is 4. The predicted octanol–water partition coefficient (Wildman–Crippen LogP) is 1.55. The number of benzene rings is 1. The molecule has 0 spiro atoms. The molecule has 0 N–H and O–H groups in total. The normalized spacial score (nSPS) is 24.7. The predicted molar refractivity (Wildman–Crippen MR) is 92.2 cm³/mol. The van der Waals surface area contributed by atoms with E-state index in [1.807, 2.05) is 0 Å². The molecule has 2 aliphatic heterocycles. The summed E-state index contributed by atoms with van der Waals surface area (Å²) in [5.41, 5.74) is 1.60. The summed E-state index contributed by atoms with van der Waals surface area (Å²) >= 11 is 0. The van der Waals surface area contributed by atoms with Crippen LogP contribution in [-0.2, 0) is 20.1 Å². The van der Waals surface area contributed by atoms with Crippen molar-refractivity contribution < 1.29 is 13.5 Å². The second-order valence-electron chi connectivity index (χ2n) is 7.01. The van der Waals surface area contributed by atoms with Crippen LogP contribution in [0, 0.1) is 0 Å². The maximum absolute atomic E-state index is 11.4. The molecule has 1 aromatic rings. The first-order valence-electron chi connectivity index (χ1n) is 7.84. The fourth-order valence-electron chi connectivity index (χ4n) is 2.72. The van der Waals surface area contributed by atoms with E-state index in [-0.39, 0.29) is 18.3 Å². The van der Waals surface area contributed by atoms with Gasteiger partial charge in [0.25, 0.3) is 0 Å². The minimum atomic E-state index is -0.640. The molecule has 0 unspecified atom stereocenters. The lowest BCUT2D eigenvalue weighted by Gasteiger charge is -2.32. The van der Waals surface area contributed by atoms with E-state index in [2.05, 4.69) is 56.9 Å². The third-order valence-electron chi connectivity index (χ3n) is 4.96. The van der Waals surface area contributed by atoms with Crippen LogP contribution in [0.3, 0.4) is 0 Å². The summed E-state index contributed by atoms with van der Waals surface area (Å²) in [6.45, 7) is 9.99. The first-order chi connectivity index (χ1) is 10.3. The Kier molecular flexibility index (Phi) is 4.12. The van der Waals surface area contributed by atoms with E-state index in [9.17, 15) is 4.21 Å². The molecule has 0 atom stereocenters. The van der Waals surface area contributed by atoms with Gasteiger partial charge in [-0.3, -0.25) is 4.21 Å². The van der Waals surface area contributed by atoms with Crippen LogP contribution in [0.1, 0.15) is 27.7 Å². The number of hydrogen-bond donors (Lipinski definition) is 0. The Labute approximate surface area is 135 Å². The Bertz CT molecular complexity index is 547. The highest BCUT2D eigenvalue weighted by Crippen LogP contribution is 2.36. The van der Waals surface area contributed by atoms with Gasteiger partial charge in [-0.1, -0.05) is 12.1 Å². The van der Waals surface area contributed by atoms with Crippen LogP contribution in [0.2, 0.25) is 0 Å². The summed E-state index contributed by atoms with van der Waals surface area (Å²) < 4.78 is 23.6. The fourth-order valence-corrected chi connectivity index (χ4v) is 3.77. The molecule has 0 bridgehead atoms. The summed E-state index contributed by atoms with van der Waals surface area (Å²) in [6, 6.07) is 8.36. The Hall–Kier alpha value is -0.845. The molecule has 2 saturated heterocycles. The maximum atomic E-state index is 11.4. The lowest BCUT2D eigenvalue weighted by atomic mass is 9.79. The highest BCUT2D eigenvalue weighted by atomic mass is 32.2. The highest BCUT2D eigenvalue weighted by molar-refractivity contribution is 7.85. The average molecular weight is 321 g/mol. The third kappa shape index (κ3) is 2.96. The smallest absolute Gasteiger partial charge is 0.399 e. The van der Waals surface area contributed by atoms with Gasteiger partial charge in [0.2, 0.25) is 0 Å². The van der Waals surface area contributed by atoms with Crippen LogP contribution in [0.15, 0.2) is 24.3 Å². The molecule has 3 rings (SSSR count). The minimum absolute atomic E-state index is 0.312. The van der Waals surface area contributed by atoms with E-state index >= 15 is 0 Å². The van der Waals surface area contributed by atoms with E-state index in [1.165, 1.54) is 5.69 Å². The molecule has 1 aromatic carbocycles. The first-order valence-corrected chi connectivity index (χ1v) is 9.33. The Morgan fingerprint density at radius 3 is 2.00 bits per heavy atom. The summed E-state index contributed by atoms with van der Waals surface area (Å²) in [4.78, 5) is 2.29. The Morgan fingerprint density at radius 2 is 1.50 bits per heavy atom. The minimum Gasteiger partial charge on any atom is -0.399 e. The van der Waals surface area contributed by atoms with Gasteiger partial charge in [0.15, 0.2) is 0 Å². The summed E-state index contributed by atoms with van der Waals surface area (Å²) in [7, 11) is -0.952. The van der Waals surface area contributed by atoms with E-state index < -0.39 is 10.8 Å². The molecule has 6 heteroatoms. The number of anilines is 1. The lowest BCUT2D eigenvalue weighted by molar-refractivity contribution is 0.00578. The maximum Gasteiger partial charge on any atom is 0.494 e. The lowest BCUT2D eigenvalue weighted by Crippen LogP contribution is -2.41. The molecule has 2 aliphatic rings. The van der Waals surface area contributed by atoms with Crippen molar-refractivity contribution in [1.82, 2.24) is 0 Å². The molecule has 0 radical (unpaired) electrons. The van der Waals surface area contributed by atoms with Crippen LogP contribution in [-0.4, -0.2) is 47.1 Å². The van der Waals surface area contributed by atoms with Crippen molar-refractivity contribution in [3.8, 4) is 0 Å². The zero-order valence-electron chi connectivity index (χ0n) is 13.8. The van der Waals surface area contributed by atoms with Crippen molar-refractivity contribution in [2.24, 2.45) is 0 Å². The van der Waals surface area contributed by atoms with Gasteiger partial charge in [0, 0.05) is 41.1 Å². The number of nitrogens with zero attached hydrogens (tertiary/aromatic N) is 1. The summed E-state index contributed by atoms with van der Waals surface area (Å²) in [6.07, 6.45) is 0. The van der Waals surface area contributed by atoms with Crippen molar-refractivity contribution in [2.75, 3.05) is 29.5 Å². The second-order valence-corrected chi connectivity index (χ2v) is 8.71. The van der Waals surface area contributed by atoms with Crippen LogP contribution in [0.4, 0.5) is 5.69 Å². The summed E-state index contributed by atoms with van der Waals surface area (Å²) in [5.74, 6) is 1.53. The molecule has 0 amide bonds. The van der Waals surface area contributed by atoms with Crippen molar-refractivity contribution in [3.05, 3.63) is 24.3 Å². The van der Waals surface area contributed by atoms with E-state index in [0.717, 1.165) is 30.1 Å². The monoisotopic (exact) mass is 321 g/mol. The van der Waals surface area contributed by atoms with Crippen LogP contribution < -0.4 is 10.4 Å². The molecular formula is C16H24BNO3S. The van der Waals surface area contributed by atoms with Crippen LogP contribution >= 0.6 is 0 Å². The van der Waals surface area contributed by atoms with Gasteiger partial charge in [-0.25, -0.2) is 0 Å². The van der Waals surface area contributed by atoms with Crippen molar-refractivity contribution in [1.29, 1.82) is 0 Å². The SMILES string of the molecule is CC1(C)OB(c2ccc(N3CCS(=O)CC3)cc2)OC1(C)C. The zero-order chi connectivity index (χ0) is 16.0. The van der Waals surface area contributed by atoms with Gasteiger partial charge in [0.05, 0.1) is 11.2 Å². The molecule has 120 valence electrons. The molecule has 2 heterocycles. The van der Waals surface area contributed by atoms with Crippen LogP contribution in [0.25, 0.3) is 0 Å². The van der Waals surface area contributed by atoms with Crippen molar-refractivity contribution >= 4 is 29.1 Å². The first kappa shape index (κ1) is 16.0. The van der Waals surface area contributed by atoms with E-state index in [4.69, 9.17) is 9.31 Å². The standard InChI is InChI=1S/C16H24BNO3S/c1-15(2)16(3,4)21-17(20-15)13-5-7-14(8-6-13)18-9-11-22(19)12-10-18/h5-8H,9-12H2,1-4H3. The quantitative estimate of drug-likeness (QED) is 0.775. The van der Waals surface area contributed by atoms with Gasteiger partial charge >= 0.3 is 7.12 Å². The zero-order valence-corrected chi connectivity index (χ0v) is 14.6. The molecule has 0 aliphatic carbocycles. The Morgan fingerprint density at radius 1 is 1.00 bits per heavy atom. The second kappa shape index (κ2) is 5.66. The van der Waals surface area contributed by atoms with Gasteiger partial charge in [-0.15, -0.1) is 0 Å². The average Bonchev–Trinajstić information content (AvgIpc) is 2.68. The summed E-state index contributed by atoms with van der Waals surface area (Å²) in [5, 5.41) is 0. The van der Waals surface area contributed by atoms with E-state index in [0.29, 0.717) is 0 Å². The van der Waals surface area contributed by atoms with E-state index in [1.54, 1.807) is 0 Å². The van der Waals surface area contributed by atoms with Gasteiger partial charge < -0.3 is 14.2 Å². The fraction of sp³-hybridized carbons (Fsp3) is 0.625. The van der Waals surface area contributed by atoms with Crippen molar-refractivity contribution in [3.63, 3.8) is 0 Å². The molecule has 0 aromatic heterocycles. The van der Waals surface area contributed by atoms with Gasteiger partial charge in [-0.05, 0) is 45.3 Å². The molecule has 4 nitrogen and oxygen atoms in total. The van der Waals surface area contributed by atoms with Gasteiger partial charge in [-0.2, -0.15) is 0 Å². The largest absolute Gasteiger partial charge is 0.494 e. The Balaban J connectivity index is 1.71. The third-order valence-corrected chi connectivity index (χ3v) is 6.24. The molecule has 0 saturated carbocycles. The van der Waals surface area contributed by atoms with Crippen LogP contribution in [0.5, 0.6) is 0 Å². The molecular weight excluding hydrogens is 297 g/mol.